The highest BCUT2D eigenvalue weighted by molar-refractivity contribution is 5.76. The summed E-state index contributed by atoms with van der Waals surface area (Å²) in [5.74, 6) is 0.307. The predicted octanol–water partition coefficient (Wildman–Crippen LogP) is 3.21. The molecule has 0 aromatic carbocycles. The Morgan fingerprint density at radius 1 is 1.14 bits per heavy atom. The zero-order valence-electron chi connectivity index (χ0n) is 10.4. The molecule has 2 heteroatoms. The van der Waals surface area contributed by atoms with Gasteiger partial charge in [-0.05, 0) is 33.6 Å². The van der Waals surface area contributed by atoms with Crippen LogP contribution in [0.3, 0.4) is 0 Å². The Bertz CT molecular complexity index is 170. The second kappa shape index (κ2) is 6.05. The van der Waals surface area contributed by atoms with Crippen LogP contribution in [0.1, 0.15) is 60.3 Å². The van der Waals surface area contributed by atoms with Gasteiger partial charge >= 0.3 is 0 Å². The van der Waals surface area contributed by atoms with Crippen LogP contribution >= 0.6 is 0 Å². The molecule has 0 N–H and O–H groups in total. The molecule has 0 heterocycles. The van der Waals surface area contributed by atoms with Crippen molar-refractivity contribution in [3.05, 3.63) is 0 Å². The molecule has 0 saturated heterocycles. The molecule has 14 heavy (non-hydrogen) atoms. The lowest BCUT2D eigenvalue weighted by atomic mass is 10.0. The number of hydrogen-bond donors (Lipinski definition) is 0. The maximum atomic E-state index is 11.9. The SMILES string of the molecule is CCCCC(=O)N(CCC)C(C)(C)C. The third kappa shape index (κ3) is 4.64. The van der Waals surface area contributed by atoms with Gasteiger partial charge < -0.3 is 4.90 Å². The zero-order valence-corrected chi connectivity index (χ0v) is 10.4. The first kappa shape index (κ1) is 13.5. The number of carbonyl (C=O) groups excluding carboxylic acids is 1. The molecule has 84 valence electrons. The minimum Gasteiger partial charge on any atom is -0.338 e. The number of hydrogen-bond acceptors (Lipinski definition) is 1. The van der Waals surface area contributed by atoms with Crippen molar-refractivity contribution in [1.29, 1.82) is 0 Å². The molecule has 1 amide bonds. The highest BCUT2D eigenvalue weighted by Crippen LogP contribution is 2.16. The predicted molar refractivity (Wildman–Crippen MR) is 61.3 cm³/mol. The number of nitrogens with zero attached hydrogens (tertiary/aromatic N) is 1. The molecule has 0 aliphatic heterocycles. The van der Waals surface area contributed by atoms with Gasteiger partial charge in [0.15, 0.2) is 0 Å². The average molecular weight is 199 g/mol. The Labute approximate surface area is 88.7 Å². The van der Waals surface area contributed by atoms with Crippen molar-refractivity contribution in [2.24, 2.45) is 0 Å². The number of carbonyl (C=O) groups is 1. The molecule has 0 atom stereocenters. The van der Waals surface area contributed by atoms with Gasteiger partial charge in [-0.15, -0.1) is 0 Å². The van der Waals surface area contributed by atoms with Crippen LogP contribution < -0.4 is 0 Å². The van der Waals surface area contributed by atoms with Crippen LogP contribution in [0.5, 0.6) is 0 Å². The highest BCUT2D eigenvalue weighted by atomic mass is 16.2. The van der Waals surface area contributed by atoms with Crippen LogP contribution in [0.2, 0.25) is 0 Å². The summed E-state index contributed by atoms with van der Waals surface area (Å²) in [6.07, 6.45) is 3.84. The van der Waals surface area contributed by atoms with Gasteiger partial charge in [0.1, 0.15) is 0 Å². The van der Waals surface area contributed by atoms with Gasteiger partial charge in [0, 0.05) is 18.5 Å². The highest BCUT2D eigenvalue weighted by Gasteiger charge is 2.24. The lowest BCUT2D eigenvalue weighted by Crippen LogP contribution is -2.45. The Balaban J connectivity index is 4.26. The van der Waals surface area contributed by atoms with E-state index in [2.05, 4.69) is 34.6 Å². The minimum atomic E-state index is -0.0269. The summed E-state index contributed by atoms with van der Waals surface area (Å²) >= 11 is 0. The topological polar surface area (TPSA) is 20.3 Å². The van der Waals surface area contributed by atoms with Crippen molar-refractivity contribution in [3.8, 4) is 0 Å². The van der Waals surface area contributed by atoms with Crippen LogP contribution in [0.25, 0.3) is 0 Å². The van der Waals surface area contributed by atoms with E-state index in [0.717, 1.165) is 25.8 Å². The van der Waals surface area contributed by atoms with Crippen molar-refractivity contribution in [2.75, 3.05) is 6.54 Å². The van der Waals surface area contributed by atoms with Gasteiger partial charge in [0.05, 0.1) is 0 Å². The van der Waals surface area contributed by atoms with Crippen LogP contribution in [0.15, 0.2) is 0 Å². The molecule has 0 spiro atoms. The van der Waals surface area contributed by atoms with E-state index in [4.69, 9.17) is 0 Å². The number of unbranched alkanes of at least 4 members (excludes halogenated alkanes) is 1. The second-order valence-corrected chi connectivity index (χ2v) is 4.82. The molecule has 0 bridgehead atoms. The number of amides is 1. The smallest absolute Gasteiger partial charge is 0.222 e. The first-order valence-corrected chi connectivity index (χ1v) is 5.74. The number of rotatable bonds is 5. The molecule has 0 saturated carbocycles. The molecule has 0 aliphatic rings. The van der Waals surface area contributed by atoms with Crippen LogP contribution in [0.4, 0.5) is 0 Å². The summed E-state index contributed by atoms with van der Waals surface area (Å²) < 4.78 is 0. The van der Waals surface area contributed by atoms with Gasteiger partial charge in [0.25, 0.3) is 0 Å². The Hall–Kier alpha value is -0.530. The van der Waals surface area contributed by atoms with Crippen molar-refractivity contribution in [3.63, 3.8) is 0 Å². The van der Waals surface area contributed by atoms with Gasteiger partial charge in [-0.2, -0.15) is 0 Å². The fourth-order valence-electron chi connectivity index (χ4n) is 1.52. The Morgan fingerprint density at radius 3 is 2.07 bits per heavy atom. The standard InChI is InChI=1S/C12H25NO/c1-6-8-9-11(14)13(10-7-2)12(3,4)5/h6-10H2,1-5H3. The summed E-state index contributed by atoms with van der Waals surface area (Å²) in [7, 11) is 0. The fraction of sp³-hybridized carbons (Fsp3) is 0.917. The molecule has 0 radical (unpaired) electrons. The molecule has 0 aromatic heterocycles. The van der Waals surface area contributed by atoms with E-state index in [9.17, 15) is 4.79 Å². The monoisotopic (exact) mass is 199 g/mol. The molecule has 0 aromatic rings. The molecular weight excluding hydrogens is 174 g/mol. The van der Waals surface area contributed by atoms with Gasteiger partial charge in [-0.1, -0.05) is 20.3 Å². The molecule has 2 nitrogen and oxygen atoms in total. The first-order valence-electron chi connectivity index (χ1n) is 5.74. The van der Waals surface area contributed by atoms with Crippen molar-refractivity contribution in [1.82, 2.24) is 4.90 Å². The minimum absolute atomic E-state index is 0.0269. The summed E-state index contributed by atoms with van der Waals surface area (Å²) in [5, 5.41) is 0. The van der Waals surface area contributed by atoms with Gasteiger partial charge in [-0.25, -0.2) is 0 Å². The van der Waals surface area contributed by atoms with Crippen molar-refractivity contribution < 1.29 is 4.79 Å². The third-order valence-corrected chi connectivity index (χ3v) is 2.30. The van der Waals surface area contributed by atoms with E-state index in [1.54, 1.807) is 0 Å². The maximum absolute atomic E-state index is 11.9. The lowest BCUT2D eigenvalue weighted by molar-refractivity contribution is -0.136. The fourth-order valence-corrected chi connectivity index (χ4v) is 1.52. The summed E-state index contributed by atoms with van der Waals surface area (Å²) in [6.45, 7) is 11.4. The average Bonchev–Trinajstić information content (AvgIpc) is 2.08. The van der Waals surface area contributed by atoms with E-state index in [1.165, 1.54) is 0 Å². The molecular formula is C12H25NO. The molecule has 0 fully saturated rings. The summed E-state index contributed by atoms with van der Waals surface area (Å²) in [5.41, 5.74) is -0.0269. The van der Waals surface area contributed by atoms with Crippen LogP contribution in [-0.2, 0) is 4.79 Å². The van der Waals surface area contributed by atoms with Crippen LogP contribution in [0, 0.1) is 0 Å². The van der Waals surface area contributed by atoms with E-state index >= 15 is 0 Å². The van der Waals surface area contributed by atoms with Gasteiger partial charge in [0.2, 0.25) is 5.91 Å². The molecule has 0 unspecified atom stereocenters. The van der Waals surface area contributed by atoms with Gasteiger partial charge in [-0.3, -0.25) is 4.79 Å². The Morgan fingerprint density at radius 2 is 1.71 bits per heavy atom. The van der Waals surface area contributed by atoms with E-state index < -0.39 is 0 Å². The van der Waals surface area contributed by atoms with Crippen LogP contribution in [-0.4, -0.2) is 22.9 Å². The van der Waals surface area contributed by atoms with E-state index in [-0.39, 0.29) is 5.54 Å². The van der Waals surface area contributed by atoms with E-state index in [0.29, 0.717) is 12.3 Å². The van der Waals surface area contributed by atoms with Crippen molar-refractivity contribution >= 4 is 5.91 Å². The second-order valence-electron chi connectivity index (χ2n) is 4.82. The molecule has 0 rings (SSSR count). The van der Waals surface area contributed by atoms with Crippen molar-refractivity contribution in [2.45, 2.75) is 65.8 Å². The normalized spacial score (nSPS) is 11.5. The Kier molecular flexibility index (Phi) is 5.82. The largest absolute Gasteiger partial charge is 0.338 e. The summed E-state index contributed by atoms with van der Waals surface area (Å²) in [4.78, 5) is 13.9. The summed E-state index contributed by atoms with van der Waals surface area (Å²) in [6, 6.07) is 0. The lowest BCUT2D eigenvalue weighted by Gasteiger charge is -2.35. The maximum Gasteiger partial charge on any atom is 0.222 e. The first-order chi connectivity index (χ1) is 6.43. The quantitative estimate of drug-likeness (QED) is 0.666. The zero-order chi connectivity index (χ0) is 11.2. The molecule has 0 aliphatic carbocycles. The van der Waals surface area contributed by atoms with E-state index in [1.807, 2.05) is 4.90 Å². The third-order valence-electron chi connectivity index (χ3n) is 2.30.